The molecule has 0 aliphatic rings. The molecule has 0 bridgehead atoms. The number of ether oxygens (including phenoxy) is 1. The van der Waals surface area contributed by atoms with Crippen LogP contribution in [0.5, 0.6) is 5.75 Å². The van der Waals surface area contributed by atoms with Gasteiger partial charge in [0.2, 0.25) is 0 Å². The first-order valence-electron chi connectivity index (χ1n) is 5.70. The monoisotopic (exact) mass is 257 g/mol. The van der Waals surface area contributed by atoms with Crippen LogP contribution in [0.3, 0.4) is 0 Å². The van der Waals surface area contributed by atoms with E-state index in [1.165, 1.54) is 18.2 Å². The van der Waals surface area contributed by atoms with Crippen molar-refractivity contribution in [3.63, 3.8) is 0 Å². The third-order valence-corrected chi connectivity index (χ3v) is 2.36. The summed E-state index contributed by atoms with van der Waals surface area (Å²) in [5.41, 5.74) is 1.32. The predicted octanol–water partition coefficient (Wildman–Crippen LogP) is 2.14. The molecule has 1 heterocycles. The maximum absolute atomic E-state index is 13.1. The molecule has 19 heavy (non-hydrogen) atoms. The standard InChI is InChI=1S/C15H12FNO2/c16-14-5-6-15(13(9-14)4-2-8-18)19-11-12-3-1-7-17-10-12/h1,3,5-7,9-10,18H,8,11H2. The van der Waals surface area contributed by atoms with Crippen LogP contribution in [-0.2, 0) is 6.61 Å². The molecule has 0 unspecified atom stereocenters. The summed E-state index contributed by atoms with van der Waals surface area (Å²) >= 11 is 0. The van der Waals surface area contributed by atoms with Gasteiger partial charge in [0, 0.05) is 18.0 Å². The fourth-order valence-corrected chi connectivity index (χ4v) is 1.51. The van der Waals surface area contributed by atoms with Gasteiger partial charge in [0.1, 0.15) is 24.8 Å². The molecule has 1 N–H and O–H groups in total. The van der Waals surface area contributed by atoms with E-state index in [0.29, 0.717) is 17.9 Å². The first-order chi connectivity index (χ1) is 9.29. The van der Waals surface area contributed by atoms with Gasteiger partial charge in [-0.1, -0.05) is 17.9 Å². The maximum Gasteiger partial charge on any atom is 0.135 e. The molecular weight excluding hydrogens is 245 g/mol. The number of aromatic nitrogens is 1. The quantitative estimate of drug-likeness (QED) is 0.857. The average Bonchev–Trinajstić information content (AvgIpc) is 2.45. The molecule has 4 heteroatoms. The van der Waals surface area contributed by atoms with Gasteiger partial charge in [0.15, 0.2) is 0 Å². The molecule has 96 valence electrons. The summed E-state index contributed by atoms with van der Waals surface area (Å²) in [6.45, 7) is 0.0475. The SMILES string of the molecule is OCC#Cc1cc(F)ccc1OCc1cccnc1. The Morgan fingerprint density at radius 1 is 1.32 bits per heavy atom. The Labute approximate surface area is 110 Å². The zero-order valence-electron chi connectivity index (χ0n) is 10.1. The number of hydrogen-bond donors (Lipinski definition) is 1. The Morgan fingerprint density at radius 3 is 2.95 bits per heavy atom. The fourth-order valence-electron chi connectivity index (χ4n) is 1.51. The lowest BCUT2D eigenvalue weighted by Crippen LogP contribution is -1.98. The Kier molecular flexibility index (Phi) is 4.49. The topological polar surface area (TPSA) is 42.4 Å². The van der Waals surface area contributed by atoms with E-state index in [1.807, 2.05) is 12.1 Å². The van der Waals surface area contributed by atoms with E-state index >= 15 is 0 Å². The van der Waals surface area contributed by atoms with Crippen molar-refractivity contribution < 1.29 is 14.2 Å². The lowest BCUT2D eigenvalue weighted by Gasteiger charge is -2.08. The minimum atomic E-state index is -0.393. The molecule has 0 atom stereocenters. The van der Waals surface area contributed by atoms with Crippen LogP contribution < -0.4 is 4.74 Å². The third-order valence-electron chi connectivity index (χ3n) is 2.36. The second kappa shape index (κ2) is 6.53. The maximum atomic E-state index is 13.1. The smallest absolute Gasteiger partial charge is 0.135 e. The summed E-state index contributed by atoms with van der Waals surface area (Å²) in [6.07, 6.45) is 3.38. The number of benzene rings is 1. The molecule has 0 aliphatic heterocycles. The van der Waals surface area contributed by atoms with Gasteiger partial charge < -0.3 is 9.84 Å². The van der Waals surface area contributed by atoms with E-state index in [2.05, 4.69) is 16.8 Å². The van der Waals surface area contributed by atoms with E-state index in [-0.39, 0.29) is 6.61 Å². The first kappa shape index (κ1) is 13.1. The second-order valence-corrected chi connectivity index (χ2v) is 3.75. The molecule has 3 nitrogen and oxygen atoms in total. The van der Waals surface area contributed by atoms with Crippen LogP contribution in [0.2, 0.25) is 0 Å². The molecule has 0 aliphatic carbocycles. The van der Waals surface area contributed by atoms with E-state index in [9.17, 15) is 4.39 Å². The van der Waals surface area contributed by atoms with E-state index in [4.69, 9.17) is 9.84 Å². The summed E-state index contributed by atoms with van der Waals surface area (Å²) in [4.78, 5) is 3.98. The van der Waals surface area contributed by atoms with Gasteiger partial charge in [-0.05, 0) is 24.3 Å². The number of halogens is 1. The van der Waals surface area contributed by atoms with Gasteiger partial charge in [-0.3, -0.25) is 4.98 Å². The predicted molar refractivity (Wildman–Crippen MR) is 68.9 cm³/mol. The number of aliphatic hydroxyl groups is 1. The van der Waals surface area contributed by atoms with Crippen molar-refractivity contribution in [1.82, 2.24) is 4.98 Å². The minimum absolute atomic E-state index is 0.279. The van der Waals surface area contributed by atoms with Crippen molar-refractivity contribution in [3.8, 4) is 17.6 Å². The van der Waals surface area contributed by atoms with Crippen LogP contribution in [0.4, 0.5) is 4.39 Å². The van der Waals surface area contributed by atoms with Crippen LogP contribution in [-0.4, -0.2) is 16.7 Å². The average molecular weight is 257 g/mol. The van der Waals surface area contributed by atoms with Gasteiger partial charge >= 0.3 is 0 Å². The molecule has 2 aromatic rings. The largest absolute Gasteiger partial charge is 0.488 e. The van der Waals surface area contributed by atoms with Crippen molar-refractivity contribution in [1.29, 1.82) is 0 Å². The Morgan fingerprint density at radius 2 is 2.21 bits per heavy atom. The third kappa shape index (κ3) is 3.80. The normalized spacial score (nSPS) is 9.58. The van der Waals surface area contributed by atoms with Gasteiger partial charge in [-0.2, -0.15) is 0 Å². The number of nitrogens with zero attached hydrogens (tertiary/aromatic N) is 1. The van der Waals surface area contributed by atoms with Crippen LogP contribution in [0.1, 0.15) is 11.1 Å². The Bertz CT molecular complexity index is 603. The van der Waals surface area contributed by atoms with Gasteiger partial charge in [-0.15, -0.1) is 0 Å². The van der Waals surface area contributed by atoms with E-state index < -0.39 is 5.82 Å². The molecule has 2 rings (SSSR count). The summed E-state index contributed by atoms with van der Waals surface area (Å²) < 4.78 is 18.7. The zero-order chi connectivity index (χ0) is 13.5. The summed E-state index contributed by atoms with van der Waals surface area (Å²) in [7, 11) is 0. The van der Waals surface area contributed by atoms with Crippen molar-refractivity contribution in [2.24, 2.45) is 0 Å². The molecule has 0 fully saturated rings. The van der Waals surface area contributed by atoms with E-state index in [1.54, 1.807) is 12.4 Å². The highest BCUT2D eigenvalue weighted by atomic mass is 19.1. The lowest BCUT2D eigenvalue weighted by atomic mass is 10.2. The van der Waals surface area contributed by atoms with E-state index in [0.717, 1.165) is 5.56 Å². The highest BCUT2D eigenvalue weighted by molar-refractivity contribution is 5.46. The van der Waals surface area contributed by atoms with Gasteiger partial charge in [0.05, 0.1) is 5.56 Å². The molecule has 0 radical (unpaired) electrons. The Hall–Kier alpha value is -2.38. The van der Waals surface area contributed by atoms with Crippen molar-refractivity contribution >= 4 is 0 Å². The molecular formula is C15H12FNO2. The van der Waals surface area contributed by atoms with Crippen molar-refractivity contribution in [2.75, 3.05) is 6.61 Å². The molecule has 0 spiro atoms. The highest BCUT2D eigenvalue weighted by Crippen LogP contribution is 2.19. The lowest BCUT2D eigenvalue weighted by molar-refractivity contribution is 0.304. The Balaban J connectivity index is 2.15. The van der Waals surface area contributed by atoms with Gasteiger partial charge in [0.25, 0.3) is 0 Å². The van der Waals surface area contributed by atoms with Crippen LogP contribution in [0.15, 0.2) is 42.7 Å². The summed E-state index contributed by atoms with van der Waals surface area (Å²) in [5, 5.41) is 8.68. The second-order valence-electron chi connectivity index (χ2n) is 3.75. The van der Waals surface area contributed by atoms with Crippen LogP contribution >= 0.6 is 0 Å². The molecule has 0 saturated heterocycles. The number of hydrogen-bond acceptors (Lipinski definition) is 3. The van der Waals surface area contributed by atoms with Gasteiger partial charge in [-0.25, -0.2) is 4.39 Å². The van der Waals surface area contributed by atoms with Crippen LogP contribution in [0, 0.1) is 17.7 Å². The first-order valence-corrected chi connectivity index (χ1v) is 5.70. The molecule has 0 amide bonds. The number of aliphatic hydroxyl groups excluding tert-OH is 1. The fraction of sp³-hybridized carbons (Fsp3) is 0.133. The van der Waals surface area contributed by atoms with Crippen molar-refractivity contribution in [3.05, 3.63) is 59.7 Å². The molecule has 1 aromatic carbocycles. The number of rotatable bonds is 3. The minimum Gasteiger partial charge on any atom is -0.488 e. The summed E-state index contributed by atoms with van der Waals surface area (Å²) in [5.74, 6) is 5.22. The molecule has 1 aromatic heterocycles. The number of pyridine rings is 1. The zero-order valence-corrected chi connectivity index (χ0v) is 10.1. The van der Waals surface area contributed by atoms with Crippen LogP contribution in [0.25, 0.3) is 0 Å². The van der Waals surface area contributed by atoms with Crippen molar-refractivity contribution in [2.45, 2.75) is 6.61 Å². The summed E-state index contributed by atoms with van der Waals surface area (Å²) in [6, 6.07) is 7.81. The highest BCUT2D eigenvalue weighted by Gasteiger charge is 2.04. The molecule has 0 saturated carbocycles.